The molecule has 1 aliphatic carbocycles. The van der Waals surface area contributed by atoms with Crippen LogP contribution in [-0.4, -0.2) is 33.4 Å². The normalized spacial score (nSPS) is 20.5. The number of hydrogen-bond acceptors (Lipinski definition) is 4. The van der Waals surface area contributed by atoms with Crippen LogP contribution in [0, 0.1) is 6.92 Å². The second kappa shape index (κ2) is 8.17. The Hall–Kier alpha value is -2.63. The molecule has 2 fully saturated rings. The Bertz CT molecular complexity index is 901. The zero-order valence-electron chi connectivity index (χ0n) is 16.4. The van der Waals surface area contributed by atoms with Crippen molar-refractivity contribution < 1.29 is 4.79 Å². The Morgan fingerprint density at radius 2 is 1.96 bits per heavy atom. The summed E-state index contributed by atoms with van der Waals surface area (Å²) < 4.78 is 0. The minimum atomic E-state index is -0.180. The first kappa shape index (κ1) is 18.7. The molecule has 1 saturated carbocycles. The van der Waals surface area contributed by atoms with Gasteiger partial charge in [0, 0.05) is 37.5 Å². The number of likely N-dealkylation sites (tertiary alicyclic amines) is 1. The third kappa shape index (κ3) is 4.11. The molecule has 0 spiro atoms. The van der Waals surface area contributed by atoms with Crippen LogP contribution in [0.1, 0.15) is 61.3 Å². The Kier molecular flexibility index (Phi) is 5.46. The van der Waals surface area contributed by atoms with Crippen LogP contribution in [-0.2, 0) is 11.3 Å². The zero-order valence-corrected chi connectivity index (χ0v) is 16.4. The topological polar surface area (TPSA) is 78.1 Å². The van der Waals surface area contributed by atoms with E-state index in [0.717, 1.165) is 18.4 Å². The summed E-state index contributed by atoms with van der Waals surface area (Å²) in [6.07, 6.45) is 6.33. The number of benzene rings is 1. The zero-order chi connectivity index (χ0) is 19.5. The van der Waals surface area contributed by atoms with Crippen molar-refractivity contribution in [1.82, 2.24) is 14.9 Å². The number of H-pyrrole nitrogens is 1. The fourth-order valence-electron chi connectivity index (χ4n) is 4.43. The summed E-state index contributed by atoms with van der Waals surface area (Å²) in [4.78, 5) is 34.2. The molecule has 0 bridgehead atoms. The van der Waals surface area contributed by atoms with Gasteiger partial charge in [-0.1, -0.05) is 43.5 Å². The largest absolute Gasteiger partial charge is 0.352 e. The third-order valence-corrected chi connectivity index (χ3v) is 6.06. The fraction of sp³-hybridized carbons (Fsp3) is 0.500. The SMILES string of the molecule is Cc1ccccc1CNc1nc([C@H]2CC(=O)N(C3CCCCC3)C2)cc(=O)[nH]1. The van der Waals surface area contributed by atoms with Gasteiger partial charge in [-0.05, 0) is 30.9 Å². The lowest BCUT2D eigenvalue weighted by molar-refractivity contribution is -0.130. The van der Waals surface area contributed by atoms with E-state index in [1.165, 1.54) is 24.8 Å². The van der Waals surface area contributed by atoms with Crippen molar-refractivity contribution in [3.63, 3.8) is 0 Å². The van der Waals surface area contributed by atoms with Gasteiger partial charge in [0.2, 0.25) is 11.9 Å². The molecule has 1 aliphatic heterocycles. The van der Waals surface area contributed by atoms with Crippen LogP contribution in [0.5, 0.6) is 0 Å². The number of carbonyl (C=O) groups is 1. The molecule has 28 heavy (non-hydrogen) atoms. The van der Waals surface area contributed by atoms with Crippen molar-refractivity contribution in [2.24, 2.45) is 0 Å². The number of aromatic amines is 1. The molecule has 148 valence electrons. The summed E-state index contributed by atoms with van der Waals surface area (Å²) in [6, 6.07) is 10.0. The predicted octanol–water partition coefficient (Wildman–Crippen LogP) is 3.34. The fourth-order valence-corrected chi connectivity index (χ4v) is 4.43. The van der Waals surface area contributed by atoms with E-state index >= 15 is 0 Å². The molecule has 0 radical (unpaired) electrons. The van der Waals surface area contributed by atoms with Gasteiger partial charge in [-0.3, -0.25) is 14.6 Å². The molecule has 0 unspecified atom stereocenters. The highest BCUT2D eigenvalue weighted by atomic mass is 16.2. The van der Waals surface area contributed by atoms with Crippen molar-refractivity contribution in [1.29, 1.82) is 0 Å². The molecule has 1 amide bonds. The molecule has 2 aromatic rings. The van der Waals surface area contributed by atoms with Crippen LogP contribution < -0.4 is 10.9 Å². The number of aryl methyl sites for hydroxylation is 1. The molecular formula is C22H28N4O2. The van der Waals surface area contributed by atoms with Crippen LogP contribution in [0.2, 0.25) is 0 Å². The number of nitrogens with one attached hydrogen (secondary N) is 2. The average Bonchev–Trinajstić information content (AvgIpc) is 3.09. The van der Waals surface area contributed by atoms with Gasteiger partial charge in [-0.25, -0.2) is 4.98 Å². The second-order valence-corrected chi connectivity index (χ2v) is 8.04. The van der Waals surface area contributed by atoms with Crippen LogP contribution >= 0.6 is 0 Å². The summed E-state index contributed by atoms with van der Waals surface area (Å²) in [6.45, 7) is 3.33. The predicted molar refractivity (Wildman–Crippen MR) is 109 cm³/mol. The highest BCUT2D eigenvalue weighted by Crippen LogP contribution is 2.32. The molecule has 1 aromatic heterocycles. The standard InChI is InChI=1S/C22H28N4O2/c1-15-7-5-6-8-16(15)13-23-22-24-19(12-20(27)25-22)17-11-21(28)26(14-17)18-9-3-2-4-10-18/h5-8,12,17-18H,2-4,9-11,13-14H2,1H3,(H2,23,24,25,27)/t17-/m0/s1. The number of carbonyl (C=O) groups excluding carboxylic acids is 1. The number of anilines is 1. The lowest BCUT2D eigenvalue weighted by Crippen LogP contribution is -2.37. The number of rotatable bonds is 5. The van der Waals surface area contributed by atoms with E-state index in [0.29, 0.717) is 37.2 Å². The summed E-state index contributed by atoms with van der Waals surface area (Å²) >= 11 is 0. The van der Waals surface area contributed by atoms with E-state index in [2.05, 4.69) is 34.3 Å². The average molecular weight is 380 g/mol. The number of hydrogen-bond donors (Lipinski definition) is 2. The molecule has 2 aliphatic rings. The highest BCUT2D eigenvalue weighted by Gasteiger charge is 2.36. The van der Waals surface area contributed by atoms with Gasteiger partial charge < -0.3 is 10.2 Å². The first-order chi connectivity index (χ1) is 13.6. The first-order valence-corrected chi connectivity index (χ1v) is 10.3. The number of nitrogens with zero attached hydrogens (tertiary/aromatic N) is 2. The Labute approximate surface area is 165 Å². The number of aromatic nitrogens is 2. The maximum atomic E-state index is 12.6. The maximum absolute atomic E-state index is 12.6. The molecule has 1 atom stereocenters. The minimum absolute atomic E-state index is 0.00395. The van der Waals surface area contributed by atoms with Crippen LogP contribution in [0.3, 0.4) is 0 Å². The second-order valence-electron chi connectivity index (χ2n) is 8.04. The van der Waals surface area contributed by atoms with E-state index in [4.69, 9.17) is 0 Å². The highest BCUT2D eigenvalue weighted by molar-refractivity contribution is 5.80. The van der Waals surface area contributed by atoms with E-state index < -0.39 is 0 Å². The van der Waals surface area contributed by atoms with Gasteiger partial charge in [0.05, 0.1) is 5.69 Å². The van der Waals surface area contributed by atoms with Crippen molar-refractivity contribution in [3.8, 4) is 0 Å². The quantitative estimate of drug-likeness (QED) is 0.834. The smallest absolute Gasteiger partial charge is 0.252 e. The molecule has 1 saturated heterocycles. The van der Waals surface area contributed by atoms with Gasteiger partial charge in [0.1, 0.15) is 0 Å². The summed E-state index contributed by atoms with van der Waals surface area (Å²) in [5.41, 5.74) is 2.89. The third-order valence-electron chi connectivity index (χ3n) is 6.06. The molecule has 6 heteroatoms. The van der Waals surface area contributed by atoms with Gasteiger partial charge in [0.15, 0.2) is 0 Å². The molecular weight excluding hydrogens is 352 g/mol. The van der Waals surface area contributed by atoms with Crippen molar-refractivity contribution in [2.75, 3.05) is 11.9 Å². The van der Waals surface area contributed by atoms with Crippen molar-refractivity contribution in [3.05, 3.63) is 57.5 Å². The van der Waals surface area contributed by atoms with Crippen molar-refractivity contribution >= 4 is 11.9 Å². The molecule has 1 aromatic carbocycles. The summed E-state index contributed by atoms with van der Waals surface area (Å²) in [7, 11) is 0. The summed E-state index contributed by atoms with van der Waals surface area (Å²) in [5, 5.41) is 3.23. The molecule has 6 nitrogen and oxygen atoms in total. The number of amides is 1. The first-order valence-electron chi connectivity index (χ1n) is 10.3. The Balaban J connectivity index is 1.47. The van der Waals surface area contributed by atoms with E-state index in [1.54, 1.807) is 6.07 Å². The molecule has 2 heterocycles. The minimum Gasteiger partial charge on any atom is -0.352 e. The van der Waals surface area contributed by atoms with Crippen molar-refractivity contribution in [2.45, 2.75) is 64.0 Å². The van der Waals surface area contributed by atoms with Gasteiger partial charge >= 0.3 is 0 Å². The van der Waals surface area contributed by atoms with E-state index in [9.17, 15) is 9.59 Å². The monoisotopic (exact) mass is 380 g/mol. The lowest BCUT2D eigenvalue weighted by Gasteiger charge is -2.31. The maximum Gasteiger partial charge on any atom is 0.252 e. The van der Waals surface area contributed by atoms with Crippen LogP contribution in [0.25, 0.3) is 0 Å². The van der Waals surface area contributed by atoms with E-state index in [-0.39, 0.29) is 17.4 Å². The Morgan fingerprint density at radius 1 is 1.18 bits per heavy atom. The van der Waals surface area contributed by atoms with Gasteiger partial charge in [0.25, 0.3) is 5.56 Å². The summed E-state index contributed by atoms with van der Waals surface area (Å²) in [5.74, 6) is 0.665. The molecule has 4 rings (SSSR count). The van der Waals surface area contributed by atoms with E-state index in [1.807, 2.05) is 17.0 Å². The Morgan fingerprint density at radius 3 is 2.75 bits per heavy atom. The lowest BCUT2D eigenvalue weighted by atomic mass is 9.94. The molecule has 2 N–H and O–H groups in total. The van der Waals surface area contributed by atoms with Gasteiger partial charge in [-0.2, -0.15) is 0 Å². The van der Waals surface area contributed by atoms with Gasteiger partial charge in [-0.15, -0.1) is 0 Å². The van der Waals surface area contributed by atoms with Crippen LogP contribution in [0.4, 0.5) is 5.95 Å². The van der Waals surface area contributed by atoms with Crippen LogP contribution in [0.15, 0.2) is 35.1 Å².